The second-order valence-electron chi connectivity index (χ2n) is 5.00. The molecule has 0 aromatic rings. The molecule has 2 heterocycles. The summed E-state index contributed by atoms with van der Waals surface area (Å²) in [5, 5.41) is 0. The Balaban J connectivity index is 1.97. The monoisotopic (exact) mass is 210 g/mol. The van der Waals surface area contributed by atoms with E-state index < -0.39 is 5.60 Å². The van der Waals surface area contributed by atoms with E-state index in [1.54, 1.807) is 0 Å². The van der Waals surface area contributed by atoms with Crippen LogP contribution in [0.1, 0.15) is 44.9 Å². The Hall–Kier alpha value is -0.410. The number of ether oxygens (including phenoxy) is 2. The van der Waals surface area contributed by atoms with Gasteiger partial charge in [0.2, 0.25) is 0 Å². The summed E-state index contributed by atoms with van der Waals surface area (Å²) in [6.07, 6.45) is 6.71. The first-order valence-corrected chi connectivity index (χ1v) is 6.10. The van der Waals surface area contributed by atoms with Crippen molar-refractivity contribution in [1.82, 2.24) is 0 Å². The molecule has 3 rings (SSSR count). The maximum atomic E-state index is 12.1. The highest BCUT2D eigenvalue weighted by molar-refractivity contribution is 5.91. The quantitative estimate of drug-likeness (QED) is 0.612. The van der Waals surface area contributed by atoms with Gasteiger partial charge in [0, 0.05) is 19.6 Å². The van der Waals surface area contributed by atoms with Gasteiger partial charge in [-0.15, -0.1) is 0 Å². The molecule has 0 unspecified atom stereocenters. The summed E-state index contributed by atoms with van der Waals surface area (Å²) >= 11 is 0. The van der Waals surface area contributed by atoms with Gasteiger partial charge in [0.1, 0.15) is 5.60 Å². The van der Waals surface area contributed by atoms with Crippen LogP contribution in [0.4, 0.5) is 0 Å². The second-order valence-corrected chi connectivity index (χ2v) is 5.00. The van der Waals surface area contributed by atoms with Gasteiger partial charge in [-0.2, -0.15) is 0 Å². The first-order valence-electron chi connectivity index (χ1n) is 6.10. The van der Waals surface area contributed by atoms with Crippen molar-refractivity contribution in [2.45, 2.75) is 56.1 Å². The molecular weight excluding hydrogens is 192 g/mol. The maximum Gasteiger partial charge on any atom is 0.167 e. The van der Waals surface area contributed by atoms with E-state index in [2.05, 4.69) is 0 Å². The summed E-state index contributed by atoms with van der Waals surface area (Å²) in [5.41, 5.74) is -0.799. The van der Waals surface area contributed by atoms with Crippen LogP contribution in [0.2, 0.25) is 0 Å². The van der Waals surface area contributed by atoms with Crippen molar-refractivity contribution < 1.29 is 14.3 Å². The summed E-state index contributed by atoms with van der Waals surface area (Å²) in [7, 11) is 0. The molecule has 0 N–H and O–H groups in total. The Labute approximate surface area is 90.1 Å². The van der Waals surface area contributed by atoms with E-state index in [0.717, 1.165) is 51.7 Å². The minimum atomic E-state index is -0.554. The first-order chi connectivity index (χ1) is 7.29. The van der Waals surface area contributed by atoms with E-state index in [9.17, 15) is 4.79 Å². The molecular formula is C12H18O3. The smallest absolute Gasteiger partial charge is 0.167 e. The summed E-state index contributed by atoms with van der Waals surface area (Å²) in [6, 6.07) is 0. The third-order valence-corrected chi connectivity index (χ3v) is 4.32. The highest BCUT2D eigenvalue weighted by atomic mass is 16.6. The molecule has 2 saturated heterocycles. The maximum absolute atomic E-state index is 12.1. The van der Waals surface area contributed by atoms with Gasteiger partial charge in [-0.1, -0.05) is 0 Å². The molecule has 2 atom stereocenters. The molecule has 2 spiro atoms. The van der Waals surface area contributed by atoms with Gasteiger partial charge in [-0.05, 0) is 38.5 Å². The summed E-state index contributed by atoms with van der Waals surface area (Å²) in [5.74, 6) is 0.295. The normalized spacial score (nSPS) is 45.7. The van der Waals surface area contributed by atoms with Crippen molar-refractivity contribution in [3.8, 4) is 0 Å². The van der Waals surface area contributed by atoms with Crippen molar-refractivity contribution in [2.24, 2.45) is 0 Å². The minimum Gasteiger partial charge on any atom is -0.371 e. The molecule has 3 heteroatoms. The minimum absolute atomic E-state index is 0.246. The van der Waals surface area contributed by atoms with Gasteiger partial charge in [0.25, 0.3) is 0 Å². The number of hydrogen-bond acceptors (Lipinski definition) is 3. The topological polar surface area (TPSA) is 35.5 Å². The van der Waals surface area contributed by atoms with Crippen LogP contribution in [0, 0.1) is 0 Å². The molecule has 84 valence electrons. The Morgan fingerprint density at radius 3 is 2.47 bits per heavy atom. The number of carbonyl (C=O) groups is 1. The Morgan fingerprint density at radius 2 is 1.80 bits per heavy atom. The summed E-state index contributed by atoms with van der Waals surface area (Å²) in [4.78, 5) is 12.1. The molecule has 0 aromatic heterocycles. The fourth-order valence-corrected chi connectivity index (χ4v) is 3.56. The van der Waals surface area contributed by atoms with Crippen LogP contribution in [0.25, 0.3) is 0 Å². The van der Waals surface area contributed by atoms with Crippen molar-refractivity contribution in [1.29, 1.82) is 0 Å². The lowest BCUT2D eigenvalue weighted by Crippen LogP contribution is -2.57. The third kappa shape index (κ3) is 1.16. The average Bonchev–Trinajstić information content (AvgIpc) is 2.84. The van der Waals surface area contributed by atoms with E-state index in [4.69, 9.17) is 9.47 Å². The van der Waals surface area contributed by atoms with Gasteiger partial charge in [-0.25, -0.2) is 0 Å². The zero-order valence-corrected chi connectivity index (χ0v) is 9.09. The third-order valence-electron chi connectivity index (χ3n) is 4.32. The highest BCUT2D eigenvalue weighted by Crippen LogP contribution is 2.51. The van der Waals surface area contributed by atoms with Crippen LogP contribution in [0.15, 0.2) is 0 Å². The Kier molecular flexibility index (Phi) is 2.15. The second kappa shape index (κ2) is 3.29. The lowest BCUT2D eigenvalue weighted by atomic mass is 9.78. The van der Waals surface area contributed by atoms with E-state index in [1.165, 1.54) is 0 Å². The van der Waals surface area contributed by atoms with E-state index in [1.807, 2.05) is 0 Å². The molecule has 3 fully saturated rings. The Bertz CT molecular complexity index is 273. The van der Waals surface area contributed by atoms with Crippen LogP contribution >= 0.6 is 0 Å². The highest BCUT2D eigenvalue weighted by Gasteiger charge is 2.63. The van der Waals surface area contributed by atoms with Gasteiger partial charge in [0.15, 0.2) is 11.4 Å². The van der Waals surface area contributed by atoms with Crippen LogP contribution < -0.4 is 0 Å². The van der Waals surface area contributed by atoms with Gasteiger partial charge < -0.3 is 9.47 Å². The summed E-state index contributed by atoms with van der Waals surface area (Å²) < 4.78 is 11.8. The van der Waals surface area contributed by atoms with E-state index >= 15 is 0 Å². The molecule has 3 nitrogen and oxygen atoms in total. The van der Waals surface area contributed by atoms with Crippen LogP contribution in [-0.2, 0) is 14.3 Å². The standard InChI is InChI=1S/C12H18O3/c13-10-4-7-11(5-3-9-14-11)12(10)6-1-2-8-15-12/h1-9H2/t11-,12+/m0/s1. The molecule has 1 saturated carbocycles. The predicted molar refractivity (Wildman–Crippen MR) is 54.7 cm³/mol. The number of ketones is 1. The zero-order chi connectivity index (χ0) is 10.4. The number of Topliss-reactive ketones (excluding diaryl/α,β-unsaturated/α-hetero) is 1. The van der Waals surface area contributed by atoms with Crippen molar-refractivity contribution in [3.63, 3.8) is 0 Å². The van der Waals surface area contributed by atoms with Gasteiger partial charge in [0.05, 0.1) is 0 Å². The first kappa shape index (κ1) is 9.79. The zero-order valence-electron chi connectivity index (χ0n) is 9.09. The average molecular weight is 210 g/mol. The van der Waals surface area contributed by atoms with Crippen molar-refractivity contribution in [3.05, 3.63) is 0 Å². The number of carbonyl (C=O) groups excluding carboxylic acids is 1. The molecule has 0 amide bonds. The lowest BCUT2D eigenvalue weighted by Gasteiger charge is -2.43. The van der Waals surface area contributed by atoms with Crippen LogP contribution in [0.3, 0.4) is 0 Å². The molecule has 0 radical (unpaired) electrons. The van der Waals surface area contributed by atoms with Crippen molar-refractivity contribution >= 4 is 5.78 Å². The number of hydrogen-bond donors (Lipinski definition) is 0. The lowest BCUT2D eigenvalue weighted by molar-refractivity contribution is -0.192. The number of rotatable bonds is 0. The van der Waals surface area contributed by atoms with Crippen LogP contribution in [-0.4, -0.2) is 30.2 Å². The van der Waals surface area contributed by atoms with Gasteiger partial charge >= 0.3 is 0 Å². The van der Waals surface area contributed by atoms with Gasteiger partial charge in [-0.3, -0.25) is 4.79 Å². The molecule has 1 aliphatic carbocycles. The largest absolute Gasteiger partial charge is 0.371 e. The predicted octanol–water partition coefficient (Wildman–Crippen LogP) is 1.84. The molecule has 3 aliphatic rings. The van der Waals surface area contributed by atoms with E-state index in [-0.39, 0.29) is 5.60 Å². The molecule has 15 heavy (non-hydrogen) atoms. The fourth-order valence-electron chi connectivity index (χ4n) is 3.56. The fraction of sp³-hybridized carbons (Fsp3) is 0.917. The number of fused-ring (bicyclic) bond motifs is 1. The molecule has 0 bridgehead atoms. The Morgan fingerprint density at radius 1 is 0.933 bits per heavy atom. The van der Waals surface area contributed by atoms with E-state index in [0.29, 0.717) is 12.2 Å². The van der Waals surface area contributed by atoms with Crippen LogP contribution in [0.5, 0.6) is 0 Å². The molecule has 2 aliphatic heterocycles. The SMILES string of the molecule is O=C1CC[C@@]2(CCCO2)[C@@]12CCCCO2. The summed E-state index contributed by atoms with van der Waals surface area (Å²) in [6.45, 7) is 1.54. The molecule has 0 aromatic carbocycles. The van der Waals surface area contributed by atoms with Crippen molar-refractivity contribution in [2.75, 3.05) is 13.2 Å².